The van der Waals surface area contributed by atoms with Gasteiger partial charge in [0.15, 0.2) is 5.65 Å². The molecule has 0 aliphatic carbocycles. The van der Waals surface area contributed by atoms with Crippen LogP contribution in [-0.2, 0) is 0 Å². The predicted octanol–water partition coefficient (Wildman–Crippen LogP) is 3.42. The van der Waals surface area contributed by atoms with E-state index < -0.39 is 0 Å². The molecule has 0 N–H and O–H groups in total. The van der Waals surface area contributed by atoms with Crippen molar-refractivity contribution in [2.24, 2.45) is 0 Å². The predicted molar refractivity (Wildman–Crippen MR) is 98.1 cm³/mol. The summed E-state index contributed by atoms with van der Waals surface area (Å²) in [6.45, 7) is 4.19. The van der Waals surface area contributed by atoms with Gasteiger partial charge in [0, 0.05) is 19.4 Å². The molecule has 126 valence electrons. The molecule has 0 fully saturated rings. The van der Waals surface area contributed by atoms with Gasteiger partial charge in [0.05, 0.1) is 18.4 Å². The van der Waals surface area contributed by atoms with E-state index in [1.165, 1.54) is 5.56 Å². The van der Waals surface area contributed by atoms with Crippen LogP contribution in [0.3, 0.4) is 0 Å². The molecule has 6 heteroatoms. The maximum absolute atomic E-state index is 4.83. The molecule has 1 aromatic carbocycles. The van der Waals surface area contributed by atoms with E-state index in [0.717, 1.165) is 22.7 Å². The molecule has 0 radical (unpaired) electrons. The molecular weight excluding hydrogens is 312 g/mol. The minimum atomic E-state index is 0.217. The molecule has 6 nitrogen and oxygen atoms in total. The molecule has 1 atom stereocenters. The Hall–Kier alpha value is -3.15. The Bertz CT molecular complexity index is 1000. The Kier molecular flexibility index (Phi) is 3.72. The highest BCUT2D eigenvalue weighted by Gasteiger charge is 2.16. The number of anilines is 1. The number of fused-ring (bicyclic) bond motifs is 1. The molecule has 0 saturated carbocycles. The summed E-state index contributed by atoms with van der Waals surface area (Å²) in [7, 11) is 2.06. The van der Waals surface area contributed by atoms with Crippen LogP contribution in [0.25, 0.3) is 11.3 Å². The normalized spacial score (nSPS) is 12.4. The number of benzene rings is 1. The van der Waals surface area contributed by atoms with Gasteiger partial charge in [-0.25, -0.2) is 14.2 Å². The number of hydrogen-bond acceptors (Lipinski definition) is 4. The minimum Gasteiger partial charge on any atom is -0.353 e. The van der Waals surface area contributed by atoms with Crippen molar-refractivity contribution in [1.82, 2.24) is 24.4 Å². The fourth-order valence-electron chi connectivity index (χ4n) is 2.90. The van der Waals surface area contributed by atoms with Gasteiger partial charge in [-0.2, -0.15) is 10.2 Å². The van der Waals surface area contributed by atoms with Crippen molar-refractivity contribution < 1.29 is 0 Å². The van der Waals surface area contributed by atoms with Crippen LogP contribution in [0.15, 0.2) is 61.2 Å². The monoisotopic (exact) mass is 332 g/mol. The Morgan fingerprint density at radius 1 is 1.04 bits per heavy atom. The standard InChI is InChI=1S/C19H20N6/c1-14-11-20-25(13-14)17-12-21-24-10-9-18(22-19(17)24)23(3)15(2)16-7-5-4-6-8-16/h4-13,15H,1-3H3. The lowest BCUT2D eigenvalue weighted by atomic mass is 10.1. The smallest absolute Gasteiger partial charge is 0.183 e. The molecule has 3 heterocycles. The number of nitrogens with zero attached hydrogens (tertiary/aromatic N) is 6. The molecule has 25 heavy (non-hydrogen) atoms. The van der Waals surface area contributed by atoms with Gasteiger partial charge < -0.3 is 4.90 Å². The lowest BCUT2D eigenvalue weighted by Crippen LogP contribution is -2.22. The second-order valence-electron chi connectivity index (χ2n) is 6.24. The molecule has 0 bridgehead atoms. The number of aryl methyl sites for hydroxylation is 1. The van der Waals surface area contributed by atoms with Gasteiger partial charge in [-0.3, -0.25) is 0 Å². The second kappa shape index (κ2) is 6.05. The van der Waals surface area contributed by atoms with E-state index in [1.54, 1.807) is 10.7 Å². The van der Waals surface area contributed by atoms with Gasteiger partial charge >= 0.3 is 0 Å². The van der Waals surface area contributed by atoms with E-state index in [4.69, 9.17) is 4.98 Å². The highest BCUT2D eigenvalue weighted by Crippen LogP contribution is 2.25. The molecule has 0 amide bonds. The van der Waals surface area contributed by atoms with Crippen molar-refractivity contribution in [3.63, 3.8) is 0 Å². The zero-order chi connectivity index (χ0) is 17.4. The molecule has 0 aliphatic rings. The third-order valence-electron chi connectivity index (χ3n) is 4.52. The van der Waals surface area contributed by atoms with Crippen LogP contribution >= 0.6 is 0 Å². The van der Waals surface area contributed by atoms with Gasteiger partial charge in [0.25, 0.3) is 0 Å². The van der Waals surface area contributed by atoms with E-state index in [2.05, 4.69) is 53.3 Å². The minimum absolute atomic E-state index is 0.217. The van der Waals surface area contributed by atoms with Crippen LogP contribution in [-0.4, -0.2) is 31.4 Å². The van der Waals surface area contributed by atoms with Crippen LogP contribution in [0.2, 0.25) is 0 Å². The Labute approximate surface area is 146 Å². The summed E-state index contributed by atoms with van der Waals surface area (Å²) in [6, 6.07) is 12.6. The lowest BCUT2D eigenvalue weighted by molar-refractivity contribution is 0.727. The van der Waals surface area contributed by atoms with Crippen molar-refractivity contribution >= 4 is 11.5 Å². The Morgan fingerprint density at radius 2 is 1.84 bits per heavy atom. The van der Waals surface area contributed by atoms with Crippen molar-refractivity contribution in [2.45, 2.75) is 19.9 Å². The number of aromatic nitrogens is 5. The third kappa shape index (κ3) is 2.76. The maximum Gasteiger partial charge on any atom is 0.183 e. The van der Waals surface area contributed by atoms with Crippen molar-refractivity contribution in [3.8, 4) is 5.69 Å². The van der Waals surface area contributed by atoms with Gasteiger partial charge in [0.2, 0.25) is 0 Å². The summed E-state index contributed by atoms with van der Waals surface area (Å²) >= 11 is 0. The molecule has 0 saturated heterocycles. The zero-order valence-corrected chi connectivity index (χ0v) is 14.5. The highest BCUT2D eigenvalue weighted by atomic mass is 15.3. The summed E-state index contributed by atoms with van der Waals surface area (Å²) in [5.41, 5.74) is 4.01. The van der Waals surface area contributed by atoms with Crippen LogP contribution < -0.4 is 4.90 Å². The summed E-state index contributed by atoms with van der Waals surface area (Å²) < 4.78 is 3.59. The molecule has 4 aromatic rings. The van der Waals surface area contributed by atoms with Gasteiger partial charge in [-0.15, -0.1) is 0 Å². The van der Waals surface area contributed by atoms with Crippen LogP contribution in [0, 0.1) is 6.92 Å². The first-order valence-electron chi connectivity index (χ1n) is 8.27. The van der Waals surface area contributed by atoms with E-state index >= 15 is 0 Å². The van der Waals surface area contributed by atoms with Crippen LogP contribution in [0.1, 0.15) is 24.1 Å². The summed E-state index contributed by atoms with van der Waals surface area (Å²) in [6.07, 6.45) is 7.53. The fourth-order valence-corrected chi connectivity index (χ4v) is 2.90. The number of rotatable bonds is 4. The Balaban J connectivity index is 1.73. The summed E-state index contributed by atoms with van der Waals surface area (Å²) in [5.74, 6) is 0.898. The first-order chi connectivity index (χ1) is 12.1. The average molecular weight is 332 g/mol. The lowest BCUT2D eigenvalue weighted by Gasteiger charge is -2.26. The molecular formula is C19H20N6. The van der Waals surface area contributed by atoms with Gasteiger partial charge in [-0.1, -0.05) is 30.3 Å². The third-order valence-corrected chi connectivity index (χ3v) is 4.52. The van der Waals surface area contributed by atoms with Crippen LogP contribution in [0.5, 0.6) is 0 Å². The molecule has 4 rings (SSSR count). The molecule has 3 aromatic heterocycles. The summed E-state index contributed by atoms with van der Waals surface area (Å²) in [4.78, 5) is 7.00. The zero-order valence-electron chi connectivity index (χ0n) is 14.5. The topological polar surface area (TPSA) is 51.3 Å². The van der Waals surface area contributed by atoms with Crippen LogP contribution in [0.4, 0.5) is 5.82 Å². The van der Waals surface area contributed by atoms with E-state index in [-0.39, 0.29) is 6.04 Å². The molecule has 1 unspecified atom stereocenters. The van der Waals surface area contributed by atoms with E-state index in [9.17, 15) is 0 Å². The Morgan fingerprint density at radius 3 is 2.56 bits per heavy atom. The first-order valence-corrected chi connectivity index (χ1v) is 8.27. The fraction of sp³-hybridized carbons (Fsp3) is 0.211. The molecule has 0 spiro atoms. The van der Waals surface area contributed by atoms with Crippen molar-refractivity contribution in [2.75, 3.05) is 11.9 Å². The van der Waals surface area contributed by atoms with E-state index in [1.807, 2.05) is 42.3 Å². The first kappa shape index (κ1) is 15.4. The second-order valence-corrected chi connectivity index (χ2v) is 6.24. The van der Waals surface area contributed by atoms with Crippen molar-refractivity contribution in [3.05, 3.63) is 72.3 Å². The maximum atomic E-state index is 4.83. The largest absolute Gasteiger partial charge is 0.353 e. The van der Waals surface area contributed by atoms with Gasteiger partial charge in [-0.05, 0) is 31.0 Å². The van der Waals surface area contributed by atoms with Gasteiger partial charge in [0.1, 0.15) is 11.5 Å². The SMILES string of the molecule is Cc1cnn(-c2cnn3ccc(N(C)C(C)c4ccccc4)nc23)c1. The highest BCUT2D eigenvalue weighted by molar-refractivity contribution is 5.61. The summed E-state index contributed by atoms with van der Waals surface area (Å²) in [5, 5.41) is 8.76. The molecule has 0 aliphatic heterocycles. The number of hydrogen-bond donors (Lipinski definition) is 0. The average Bonchev–Trinajstić information content (AvgIpc) is 3.26. The van der Waals surface area contributed by atoms with E-state index in [0.29, 0.717) is 0 Å². The quantitative estimate of drug-likeness (QED) is 0.574. The van der Waals surface area contributed by atoms with Crippen molar-refractivity contribution in [1.29, 1.82) is 0 Å².